The summed E-state index contributed by atoms with van der Waals surface area (Å²) in [5.41, 5.74) is 0. The summed E-state index contributed by atoms with van der Waals surface area (Å²) in [6, 6.07) is 0.536. The summed E-state index contributed by atoms with van der Waals surface area (Å²) in [5, 5.41) is 7.97. The van der Waals surface area contributed by atoms with Gasteiger partial charge in [0.1, 0.15) is 12.2 Å². The third kappa shape index (κ3) is 3.09. The summed E-state index contributed by atoms with van der Waals surface area (Å²) >= 11 is 0. The Hall–Kier alpha value is -1.39. The third-order valence-corrected chi connectivity index (χ3v) is 3.95. The van der Waals surface area contributed by atoms with Gasteiger partial charge in [0, 0.05) is 12.5 Å². The summed E-state index contributed by atoms with van der Waals surface area (Å²) in [6.07, 6.45) is 8.01. The number of esters is 1. The fraction of sp³-hybridized carbons (Fsp3) is 0.769. The Morgan fingerprint density at radius 3 is 2.72 bits per heavy atom. The molecule has 1 saturated carbocycles. The quantitative estimate of drug-likeness (QED) is 0.770. The second-order valence-electron chi connectivity index (χ2n) is 5.07. The van der Waals surface area contributed by atoms with Crippen molar-refractivity contribution in [3.63, 3.8) is 0 Å². The van der Waals surface area contributed by atoms with Gasteiger partial charge in [-0.15, -0.1) is 10.2 Å². The molecule has 0 N–H and O–H groups in total. The van der Waals surface area contributed by atoms with Crippen LogP contribution in [-0.4, -0.2) is 27.8 Å². The molecule has 1 aliphatic carbocycles. The maximum absolute atomic E-state index is 11.1. The molecule has 5 nitrogen and oxygen atoms in total. The van der Waals surface area contributed by atoms with Crippen LogP contribution in [0.1, 0.15) is 50.4 Å². The number of aromatic nitrogens is 3. The van der Waals surface area contributed by atoms with Crippen molar-refractivity contribution < 1.29 is 9.53 Å². The van der Waals surface area contributed by atoms with Crippen molar-refractivity contribution in [2.75, 3.05) is 7.11 Å². The maximum atomic E-state index is 11.1. The van der Waals surface area contributed by atoms with Gasteiger partial charge in [0.15, 0.2) is 0 Å². The lowest BCUT2D eigenvalue weighted by Gasteiger charge is -2.29. The van der Waals surface area contributed by atoms with E-state index in [1.165, 1.54) is 20.0 Å². The monoisotopic (exact) mass is 251 g/mol. The van der Waals surface area contributed by atoms with Crippen molar-refractivity contribution in [1.82, 2.24) is 14.8 Å². The van der Waals surface area contributed by atoms with Crippen molar-refractivity contribution >= 4 is 5.97 Å². The number of methoxy groups -OCH3 is 1. The molecule has 1 heterocycles. The van der Waals surface area contributed by atoms with Crippen LogP contribution in [0.25, 0.3) is 0 Å². The number of rotatable bonds is 4. The van der Waals surface area contributed by atoms with Crippen LogP contribution in [0.2, 0.25) is 0 Å². The summed E-state index contributed by atoms with van der Waals surface area (Å²) in [6.45, 7) is 2.00. The van der Waals surface area contributed by atoms with Crippen LogP contribution in [0, 0.1) is 12.8 Å². The first-order valence-corrected chi connectivity index (χ1v) is 6.63. The molecule has 1 aromatic rings. The lowest BCUT2D eigenvalue weighted by molar-refractivity contribution is -0.141. The molecule has 1 aromatic heterocycles. The van der Waals surface area contributed by atoms with E-state index in [2.05, 4.69) is 19.5 Å². The minimum Gasteiger partial charge on any atom is -0.469 e. The molecule has 18 heavy (non-hydrogen) atoms. The fourth-order valence-corrected chi connectivity index (χ4v) is 2.79. The van der Waals surface area contributed by atoms with Crippen LogP contribution < -0.4 is 0 Å². The Bertz CT molecular complexity index is 395. The molecule has 1 aliphatic rings. The number of carbonyl (C=O) groups is 1. The van der Waals surface area contributed by atoms with Crippen molar-refractivity contribution in [2.45, 2.75) is 51.5 Å². The molecule has 0 aromatic carbocycles. The van der Waals surface area contributed by atoms with Crippen LogP contribution in [0.4, 0.5) is 0 Å². The van der Waals surface area contributed by atoms with Gasteiger partial charge in [-0.2, -0.15) is 0 Å². The zero-order valence-electron chi connectivity index (χ0n) is 11.1. The van der Waals surface area contributed by atoms with E-state index in [0.717, 1.165) is 25.1 Å². The van der Waals surface area contributed by atoms with Crippen LogP contribution in [0.3, 0.4) is 0 Å². The average Bonchev–Trinajstić information content (AvgIpc) is 2.83. The highest BCUT2D eigenvalue weighted by Crippen LogP contribution is 2.34. The molecule has 0 aliphatic heterocycles. The van der Waals surface area contributed by atoms with Crippen LogP contribution in [0.15, 0.2) is 6.33 Å². The highest BCUT2D eigenvalue weighted by atomic mass is 16.5. The van der Waals surface area contributed by atoms with E-state index in [1.807, 2.05) is 13.3 Å². The molecule has 100 valence electrons. The third-order valence-electron chi connectivity index (χ3n) is 3.95. The molecule has 1 fully saturated rings. The number of nitrogens with zero attached hydrogens (tertiary/aromatic N) is 3. The van der Waals surface area contributed by atoms with Gasteiger partial charge in [0.2, 0.25) is 0 Å². The van der Waals surface area contributed by atoms with Gasteiger partial charge < -0.3 is 9.30 Å². The second kappa shape index (κ2) is 5.98. The zero-order valence-corrected chi connectivity index (χ0v) is 11.1. The van der Waals surface area contributed by atoms with Crippen molar-refractivity contribution in [1.29, 1.82) is 0 Å². The summed E-state index contributed by atoms with van der Waals surface area (Å²) in [5.74, 6) is 1.57. The second-order valence-corrected chi connectivity index (χ2v) is 5.07. The Morgan fingerprint density at radius 1 is 1.44 bits per heavy atom. The number of aryl methyl sites for hydroxylation is 1. The van der Waals surface area contributed by atoms with E-state index in [1.54, 1.807) is 0 Å². The molecule has 0 spiro atoms. The number of hydrogen-bond acceptors (Lipinski definition) is 4. The smallest absolute Gasteiger partial charge is 0.305 e. The Morgan fingerprint density at radius 2 is 2.17 bits per heavy atom. The van der Waals surface area contributed by atoms with Crippen molar-refractivity contribution in [3.8, 4) is 0 Å². The molecule has 0 unspecified atom stereocenters. The number of hydrogen-bond donors (Lipinski definition) is 0. The summed E-state index contributed by atoms with van der Waals surface area (Å²) < 4.78 is 6.85. The van der Waals surface area contributed by atoms with Crippen LogP contribution in [0.5, 0.6) is 0 Å². The van der Waals surface area contributed by atoms with Gasteiger partial charge in [-0.1, -0.05) is 0 Å². The Labute approximate surface area is 108 Å². The minimum atomic E-state index is -0.0909. The van der Waals surface area contributed by atoms with E-state index in [9.17, 15) is 4.79 Å². The van der Waals surface area contributed by atoms with Gasteiger partial charge >= 0.3 is 5.97 Å². The first-order valence-electron chi connectivity index (χ1n) is 6.63. The number of carbonyl (C=O) groups excluding carboxylic acids is 1. The molecule has 0 radical (unpaired) electrons. The molecule has 0 bridgehead atoms. The molecular formula is C13H21N3O2. The largest absolute Gasteiger partial charge is 0.469 e. The van der Waals surface area contributed by atoms with E-state index in [-0.39, 0.29) is 5.97 Å². The lowest BCUT2D eigenvalue weighted by atomic mass is 9.83. The molecule has 2 rings (SSSR count). The van der Waals surface area contributed by atoms with Crippen molar-refractivity contribution in [3.05, 3.63) is 12.2 Å². The first-order chi connectivity index (χ1) is 8.70. The zero-order chi connectivity index (χ0) is 13.0. The number of ether oxygens (including phenoxy) is 1. The highest BCUT2D eigenvalue weighted by Gasteiger charge is 2.23. The molecule has 0 atom stereocenters. The molecule has 0 amide bonds. The molecular weight excluding hydrogens is 230 g/mol. The van der Waals surface area contributed by atoms with Gasteiger partial charge in [-0.05, 0) is 44.9 Å². The average molecular weight is 251 g/mol. The van der Waals surface area contributed by atoms with Gasteiger partial charge in [0.05, 0.1) is 7.11 Å². The maximum Gasteiger partial charge on any atom is 0.305 e. The summed E-state index contributed by atoms with van der Waals surface area (Å²) in [7, 11) is 1.45. The van der Waals surface area contributed by atoms with Crippen molar-refractivity contribution in [2.24, 2.45) is 5.92 Å². The van der Waals surface area contributed by atoms with Gasteiger partial charge in [-0.25, -0.2) is 0 Å². The van der Waals surface area contributed by atoms with E-state index >= 15 is 0 Å². The Kier molecular flexibility index (Phi) is 4.33. The topological polar surface area (TPSA) is 57.0 Å². The van der Waals surface area contributed by atoms with Crippen LogP contribution >= 0.6 is 0 Å². The van der Waals surface area contributed by atoms with Crippen LogP contribution in [-0.2, 0) is 9.53 Å². The fourth-order valence-electron chi connectivity index (χ4n) is 2.79. The van der Waals surface area contributed by atoms with E-state index in [4.69, 9.17) is 0 Å². The lowest BCUT2D eigenvalue weighted by Crippen LogP contribution is -2.19. The normalized spacial score (nSPS) is 23.9. The standard InChI is InChI=1S/C13H21N3O2/c1-10-15-14-9-16(10)12-6-3-11(4-7-12)5-8-13(17)18-2/h9,11-12H,3-8H2,1-2H3. The SMILES string of the molecule is COC(=O)CCC1CCC(n2cnnc2C)CC1. The first kappa shape index (κ1) is 13.1. The van der Waals surface area contributed by atoms with E-state index in [0.29, 0.717) is 18.4 Å². The van der Waals surface area contributed by atoms with E-state index < -0.39 is 0 Å². The predicted octanol–water partition coefficient (Wildman–Crippen LogP) is 2.27. The van der Waals surface area contributed by atoms with Gasteiger partial charge in [-0.3, -0.25) is 4.79 Å². The Balaban J connectivity index is 1.78. The highest BCUT2D eigenvalue weighted by molar-refractivity contribution is 5.69. The minimum absolute atomic E-state index is 0.0909. The molecule has 0 saturated heterocycles. The molecule has 5 heteroatoms. The van der Waals surface area contributed by atoms with Gasteiger partial charge in [0.25, 0.3) is 0 Å². The predicted molar refractivity (Wildman–Crippen MR) is 67.0 cm³/mol. The summed E-state index contributed by atoms with van der Waals surface area (Å²) in [4.78, 5) is 11.1.